The van der Waals surface area contributed by atoms with Crippen LogP contribution in [-0.4, -0.2) is 28.1 Å². The van der Waals surface area contributed by atoms with Gasteiger partial charge in [-0.05, 0) is 13.0 Å². The number of aromatic nitrogens is 2. The molecule has 0 fully saturated rings. The van der Waals surface area contributed by atoms with E-state index >= 15 is 0 Å². The van der Waals surface area contributed by atoms with Crippen LogP contribution in [0.25, 0.3) is 0 Å². The molecule has 19 heavy (non-hydrogen) atoms. The fraction of sp³-hybridized carbons (Fsp3) is 0.231. The smallest absolute Gasteiger partial charge is 0.259 e. The first-order chi connectivity index (χ1) is 9.00. The Kier molecular flexibility index (Phi) is 3.50. The molecule has 1 aromatic carbocycles. The first kappa shape index (κ1) is 13.1. The van der Waals surface area contributed by atoms with Crippen molar-refractivity contribution in [2.75, 3.05) is 12.8 Å². The topological polar surface area (TPSA) is 75.0 Å². The van der Waals surface area contributed by atoms with Gasteiger partial charge in [0.1, 0.15) is 11.4 Å². The van der Waals surface area contributed by atoms with Crippen molar-refractivity contribution in [3.05, 3.63) is 46.9 Å². The number of nitrogens with one attached hydrogen (secondary N) is 1. The number of benzene rings is 1. The van der Waals surface area contributed by atoms with Crippen LogP contribution in [0.4, 0.5) is 10.2 Å². The molecule has 0 saturated heterocycles. The zero-order valence-electron chi connectivity index (χ0n) is 10.8. The minimum atomic E-state index is -0.334. The molecule has 0 bridgehead atoms. The normalized spacial score (nSPS) is 10.5. The summed E-state index contributed by atoms with van der Waals surface area (Å²) < 4.78 is 13.5. The lowest BCUT2D eigenvalue weighted by molar-refractivity contribution is 0.0784. The SMILES string of the molecule is Cc1[nH]nc(N)c1C(=O)N(C)Cc1ccccc1F. The number of hydrogen-bond donors (Lipinski definition) is 2. The number of carbonyl (C=O) groups is 1. The number of aryl methyl sites for hydroxylation is 1. The van der Waals surface area contributed by atoms with Gasteiger partial charge >= 0.3 is 0 Å². The standard InChI is InChI=1S/C13H15FN4O/c1-8-11(12(15)17-16-8)13(19)18(2)7-9-5-3-4-6-10(9)14/h3-6H,7H2,1-2H3,(H3,15,16,17). The number of anilines is 1. The number of carbonyl (C=O) groups excluding carboxylic acids is 1. The van der Waals surface area contributed by atoms with Gasteiger partial charge in [-0.2, -0.15) is 5.10 Å². The van der Waals surface area contributed by atoms with Gasteiger partial charge in [0.15, 0.2) is 5.82 Å². The Morgan fingerprint density at radius 3 is 2.74 bits per heavy atom. The Balaban J connectivity index is 2.19. The molecule has 3 N–H and O–H groups in total. The largest absolute Gasteiger partial charge is 0.382 e. The van der Waals surface area contributed by atoms with Gasteiger partial charge in [0, 0.05) is 24.8 Å². The Morgan fingerprint density at radius 2 is 2.16 bits per heavy atom. The predicted molar refractivity (Wildman–Crippen MR) is 69.9 cm³/mol. The summed E-state index contributed by atoms with van der Waals surface area (Å²) in [6.45, 7) is 1.89. The van der Waals surface area contributed by atoms with Crippen LogP contribution in [0.2, 0.25) is 0 Å². The van der Waals surface area contributed by atoms with Gasteiger partial charge in [-0.3, -0.25) is 9.89 Å². The van der Waals surface area contributed by atoms with Crippen LogP contribution < -0.4 is 5.73 Å². The van der Waals surface area contributed by atoms with Gasteiger partial charge in [0.2, 0.25) is 0 Å². The number of nitrogens with zero attached hydrogens (tertiary/aromatic N) is 2. The van der Waals surface area contributed by atoms with Crippen LogP contribution in [0.15, 0.2) is 24.3 Å². The number of hydrogen-bond acceptors (Lipinski definition) is 3. The fourth-order valence-corrected chi connectivity index (χ4v) is 1.86. The van der Waals surface area contributed by atoms with Crippen LogP contribution >= 0.6 is 0 Å². The van der Waals surface area contributed by atoms with Crippen LogP contribution in [-0.2, 0) is 6.54 Å². The lowest BCUT2D eigenvalue weighted by Gasteiger charge is -2.17. The second-order valence-corrected chi connectivity index (χ2v) is 4.36. The number of rotatable bonds is 3. The van der Waals surface area contributed by atoms with E-state index in [2.05, 4.69) is 10.2 Å². The summed E-state index contributed by atoms with van der Waals surface area (Å²) in [6.07, 6.45) is 0. The molecule has 2 aromatic rings. The van der Waals surface area contributed by atoms with Crippen LogP contribution in [0.1, 0.15) is 21.6 Å². The maximum absolute atomic E-state index is 13.5. The van der Waals surface area contributed by atoms with Gasteiger partial charge < -0.3 is 10.6 Å². The molecule has 0 aliphatic carbocycles. The van der Waals surface area contributed by atoms with E-state index < -0.39 is 0 Å². The quantitative estimate of drug-likeness (QED) is 0.884. The average molecular weight is 262 g/mol. The highest BCUT2D eigenvalue weighted by Crippen LogP contribution is 2.17. The first-order valence-electron chi connectivity index (χ1n) is 5.80. The van der Waals surface area contributed by atoms with Gasteiger partial charge in [-0.1, -0.05) is 18.2 Å². The van der Waals surface area contributed by atoms with Crippen molar-refractivity contribution in [2.45, 2.75) is 13.5 Å². The molecule has 6 heteroatoms. The second kappa shape index (κ2) is 5.09. The Hall–Kier alpha value is -2.37. The van der Waals surface area contributed by atoms with Crippen molar-refractivity contribution in [1.82, 2.24) is 15.1 Å². The number of nitrogens with two attached hydrogens (primary N) is 1. The third-order valence-electron chi connectivity index (χ3n) is 2.90. The third-order valence-corrected chi connectivity index (χ3v) is 2.90. The summed E-state index contributed by atoms with van der Waals surface area (Å²) in [5.74, 6) is -0.464. The van der Waals surface area contributed by atoms with Crippen LogP contribution in [0.5, 0.6) is 0 Å². The van der Waals surface area contributed by atoms with Gasteiger partial charge in [0.25, 0.3) is 5.91 Å². The molecule has 0 aliphatic heterocycles. The highest BCUT2D eigenvalue weighted by molar-refractivity contribution is 5.99. The maximum atomic E-state index is 13.5. The van der Waals surface area contributed by atoms with Crippen molar-refractivity contribution in [1.29, 1.82) is 0 Å². The summed E-state index contributed by atoms with van der Waals surface area (Å²) in [5.41, 5.74) is 7.03. The van der Waals surface area contributed by atoms with Crippen molar-refractivity contribution in [3.8, 4) is 0 Å². The zero-order valence-corrected chi connectivity index (χ0v) is 10.8. The van der Waals surface area contributed by atoms with Gasteiger partial charge in [-0.15, -0.1) is 0 Å². The summed E-state index contributed by atoms with van der Waals surface area (Å²) in [5, 5.41) is 6.43. The van der Waals surface area contributed by atoms with E-state index in [9.17, 15) is 9.18 Å². The van der Waals surface area contributed by atoms with E-state index in [0.717, 1.165) is 0 Å². The molecule has 1 heterocycles. The molecule has 2 rings (SSSR count). The summed E-state index contributed by atoms with van der Waals surface area (Å²) in [6, 6.07) is 6.35. The average Bonchev–Trinajstić information content (AvgIpc) is 2.71. The lowest BCUT2D eigenvalue weighted by atomic mass is 10.1. The van der Waals surface area contributed by atoms with E-state index in [1.165, 1.54) is 11.0 Å². The highest BCUT2D eigenvalue weighted by Gasteiger charge is 2.20. The second-order valence-electron chi connectivity index (χ2n) is 4.36. The Bertz CT molecular complexity index is 589. The van der Waals surface area contributed by atoms with Crippen molar-refractivity contribution in [3.63, 3.8) is 0 Å². The van der Waals surface area contributed by atoms with E-state index in [4.69, 9.17) is 5.73 Å². The summed E-state index contributed by atoms with van der Waals surface area (Å²) in [4.78, 5) is 13.6. The minimum absolute atomic E-state index is 0.155. The van der Waals surface area contributed by atoms with Crippen molar-refractivity contribution >= 4 is 11.7 Å². The van der Waals surface area contributed by atoms with E-state index in [-0.39, 0.29) is 24.1 Å². The maximum Gasteiger partial charge on any atom is 0.259 e. The number of amides is 1. The van der Waals surface area contributed by atoms with E-state index in [1.54, 1.807) is 32.2 Å². The third kappa shape index (κ3) is 2.57. The lowest BCUT2D eigenvalue weighted by Crippen LogP contribution is -2.27. The van der Waals surface area contributed by atoms with Crippen LogP contribution in [0, 0.1) is 12.7 Å². The zero-order chi connectivity index (χ0) is 14.0. The molecular weight excluding hydrogens is 247 g/mol. The number of H-pyrrole nitrogens is 1. The molecular formula is C13H15FN4O. The number of aromatic amines is 1. The predicted octanol–water partition coefficient (Wildman–Crippen LogP) is 1.71. The number of nitrogen functional groups attached to an aromatic ring is 1. The summed E-state index contributed by atoms with van der Waals surface area (Å²) in [7, 11) is 1.60. The van der Waals surface area contributed by atoms with Crippen molar-refractivity contribution in [2.24, 2.45) is 0 Å². The van der Waals surface area contributed by atoms with Crippen molar-refractivity contribution < 1.29 is 9.18 Å². The number of halogens is 1. The molecule has 1 amide bonds. The van der Waals surface area contributed by atoms with E-state index in [0.29, 0.717) is 16.8 Å². The monoisotopic (exact) mass is 262 g/mol. The molecule has 5 nitrogen and oxygen atoms in total. The van der Waals surface area contributed by atoms with Crippen LogP contribution in [0.3, 0.4) is 0 Å². The fourth-order valence-electron chi connectivity index (χ4n) is 1.86. The van der Waals surface area contributed by atoms with E-state index in [1.807, 2.05) is 0 Å². The molecule has 0 saturated carbocycles. The Labute approximate surface area is 110 Å². The molecule has 1 aromatic heterocycles. The molecule has 100 valence electrons. The van der Waals surface area contributed by atoms with Gasteiger partial charge in [-0.25, -0.2) is 4.39 Å². The molecule has 0 spiro atoms. The summed E-state index contributed by atoms with van der Waals surface area (Å²) >= 11 is 0. The molecule has 0 aliphatic rings. The highest BCUT2D eigenvalue weighted by atomic mass is 19.1. The van der Waals surface area contributed by atoms with Gasteiger partial charge in [0.05, 0.1) is 0 Å². The molecule has 0 unspecified atom stereocenters. The minimum Gasteiger partial charge on any atom is -0.382 e. The first-order valence-corrected chi connectivity index (χ1v) is 5.80. The molecule has 0 radical (unpaired) electrons. The molecule has 0 atom stereocenters. The Morgan fingerprint density at radius 1 is 1.47 bits per heavy atom.